The highest BCUT2D eigenvalue weighted by Crippen LogP contribution is 2.32. The standard InChI is InChI=1S/C10H9NO4S2/c11-10-9(8(12)5-16-10)6-1-3-7(4-2-6)17(13,14)15/h1-4H,5,11H2,(H,13,14,15). The molecule has 1 aromatic carbocycles. The van der Waals surface area contributed by atoms with Gasteiger partial charge in [-0.15, -0.1) is 11.8 Å². The lowest BCUT2D eigenvalue weighted by atomic mass is 10.0. The fraction of sp³-hybridized carbons (Fsp3) is 0.100. The average Bonchev–Trinajstić information content (AvgIpc) is 2.58. The van der Waals surface area contributed by atoms with Crippen molar-refractivity contribution in [3.05, 3.63) is 34.9 Å². The van der Waals surface area contributed by atoms with Crippen LogP contribution in [0.15, 0.2) is 34.2 Å². The molecule has 90 valence electrons. The van der Waals surface area contributed by atoms with Gasteiger partial charge in [-0.25, -0.2) is 0 Å². The van der Waals surface area contributed by atoms with Gasteiger partial charge in [0.2, 0.25) is 0 Å². The lowest BCUT2D eigenvalue weighted by Gasteiger charge is -2.03. The molecule has 0 radical (unpaired) electrons. The van der Waals surface area contributed by atoms with Crippen LogP contribution in [-0.4, -0.2) is 24.5 Å². The maximum absolute atomic E-state index is 11.5. The summed E-state index contributed by atoms with van der Waals surface area (Å²) in [5, 5.41) is 0.439. The van der Waals surface area contributed by atoms with Gasteiger partial charge in [-0.05, 0) is 17.7 Å². The first-order valence-electron chi connectivity index (χ1n) is 4.63. The van der Waals surface area contributed by atoms with E-state index in [9.17, 15) is 13.2 Å². The number of thioether (sulfide) groups is 1. The van der Waals surface area contributed by atoms with E-state index in [-0.39, 0.29) is 10.7 Å². The average molecular weight is 271 g/mol. The number of rotatable bonds is 2. The molecule has 7 heteroatoms. The third-order valence-electron chi connectivity index (χ3n) is 2.32. The molecule has 0 bridgehead atoms. The van der Waals surface area contributed by atoms with Crippen LogP contribution >= 0.6 is 11.8 Å². The Morgan fingerprint density at radius 1 is 1.24 bits per heavy atom. The number of benzene rings is 1. The molecule has 0 atom stereocenters. The Balaban J connectivity index is 2.44. The number of ketones is 1. The zero-order valence-electron chi connectivity index (χ0n) is 8.58. The van der Waals surface area contributed by atoms with Crippen LogP contribution in [0.1, 0.15) is 5.56 Å². The molecule has 1 aliphatic rings. The number of allylic oxidation sites excluding steroid dienone is 1. The summed E-state index contributed by atoms with van der Waals surface area (Å²) >= 11 is 1.26. The topological polar surface area (TPSA) is 97.5 Å². The molecule has 0 saturated heterocycles. The maximum atomic E-state index is 11.5. The summed E-state index contributed by atoms with van der Waals surface area (Å²) in [6, 6.07) is 5.38. The molecule has 1 aliphatic heterocycles. The molecule has 0 saturated carbocycles. The molecule has 0 aliphatic carbocycles. The first kappa shape index (κ1) is 12.2. The van der Waals surface area contributed by atoms with Gasteiger partial charge in [-0.2, -0.15) is 8.42 Å². The summed E-state index contributed by atoms with van der Waals surface area (Å²) in [5.41, 5.74) is 6.65. The zero-order valence-corrected chi connectivity index (χ0v) is 10.2. The highest BCUT2D eigenvalue weighted by molar-refractivity contribution is 8.04. The summed E-state index contributed by atoms with van der Waals surface area (Å²) in [5.74, 6) is 0.230. The summed E-state index contributed by atoms with van der Waals surface area (Å²) in [6.45, 7) is 0. The third kappa shape index (κ3) is 2.36. The molecule has 0 spiro atoms. The van der Waals surface area contributed by atoms with E-state index in [0.29, 0.717) is 21.9 Å². The second-order valence-electron chi connectivity index (χ2n) is 3.45. The first-order valence-corrected chi connectivity index (χ1v) is 7.06. The predicted molar refractivity (Wildman–Crippen MR) is 64.8 cm³/mol. The van der Waals surface area contributed by atoms with Crippen LogP contribution in [0.25, 0.3) is 5.57 Å². The highest BCUT2D eigenvalue weighted by atomic mass is 32.2. The summed E-state index contributed by atoms with van der Waals surface area (Å²) in [4.78, 5) is 11.3. The van der Waals surface area contributed by atoms with E-state index in [2.05, 4.69) is 0 Å². The van der Waals surface area contributed by atoms with Crippen molar-refractivity contribution in [1.82, 2.24) is 0 Å². The van der Waals surface area contributed by atoms with Crippen LogP contribution < -0.4 is 5.73 Å². The summed E-state index contributed by atoms with van der Waals surface area (Å²) < 4.78 is 30.5. The minimum atomic E-state index is -4.21. The van der Waals surface area contributed by atoms with Crippen LogP contribution in [0.4, 0.5) is 0 Å². The molecular formula is C10H9NO4S2. The van der Waals surface area contributed by atoms with Crippen molar-refractivity contribution in [2.45, 2.75) is 4.90 Å². The van der Waals surface area contributed by atoms with Crippen molar-refractivity contribution in [3.63, 3.8) is 0 Å². The van der Waals surface area contributed by atoms with Gasteiger partial charge in [0.05, 0.1) is 21.3 Å². The molecule has 3 N–H and O–H groups in total. The molecular weight excluding hydrogens is 262 g/mol. The molecule has 0 unspecified atom stereocenters. The highest BCUT2D eigenvalue weighted by Gasteiger charge is 2.23. The van der Waals surface area contributed by atoms with E-state index in [1.807, 2.05) is 0 Å². The van der Waals surface area contributed by atoms with Crippen molar-refractivity contribution >= 4 is 33.2 Å². The van der Waals surface area contributed by atoms with Crippen molar-refractivity contribution in [2.24, 2.45) is 5.73 Å². The molecule has 1 heterocycles. The van der Waals surface area contributed by atoms with E-state index in [0.717, 1.165) is 0 Å². The van der Waals surface area contributed by atoms with E-state index in [1.54, 1.807) is 0 Å². The van der Waals surface area contributed by atoms with Gasteiger partial charge in [-0.1, -0.05) is 12.1 Å². The molecule has 2 rings (SSSR count). The van der Waals surface area contributed by atoms with E-state index in [4.69, 9.17) is 10.3 Å². The normalized spacial score (nSPS) is 16.6. The van der Waals surface area contributed by atoms with Crippen LogP contribution in [0.2, 0.25) is 0 Å². The number of Topliss-reactive ketones (excluding diaryl/α,β-unsaturated/α-hetero) is 1. The van der Waals surface area contributed by atoms with Gasteiger partial charge < -0.3 is 5.73 Å². The molecule has 5 nitrogen and oxygen atoms in total. The number of hydrogen-bond acceptors (Lipinski definition) is 5. The first-order chi connectivity index (χ1) is 7.89. The van der Waals surface area contributed by atoms with Crippen molar-refractivity contribution < 1.29 is 17.8 Å². The fourth-order valence-electron chi connectivity index (χ4n) is 1.52. The number of nitrogens with two attached hydrogens (primary N) is 1. The fourth-order valence-corrected chi connectivity index (χ4v) is 2.81. The summed E-state index contributed by atoms with van der Waals surface area (Å²) in [6.07, 6.45) is 0. The van der Waals surface area contributed by atoms with Gasteiger partial charge >= 0.3 is 0 Å². The second-order valence-corrected chi connectivity index (χ2v) is 5.89. The lowest BCUT2D eigenvalue weighted by Crippen LogP contribution is -2.03. The molecule has 0 fully saturated rings. The van der Waals surface area contributed by atoms with Gasteiger partial charge in [0.25, 0.3) is 10.1 Å². The monoisotopic (exact) mass is 271 g/mol. The van der Waals surface area contributed by atoms with Gasteiger partial charge in [0, 0.05) is 0 Å². The van der Waals surface area contributed by atoms with Gasteiger partial charge in [-0.3, -0.25) is 9.35 Å². The van der Waals surface area contributed by atoms with Crippen molar-refractivity contribution in [1.29, 1.82) is 0 Å². The zero-order chi connectivity index (χ0) is 12.6. The van der Waals surface area contributed by atoms with Crippen molar-refractivity contribution in [2.75, 3.05) is 5.75 Å². The van der Waals surface area contributed by atoms with Crippen LogP contribution in [0, 0.1) is 0 Å². The van der Waals surface area contributed by atoms with Crippen LogP contribution in [0.3, 0.4) is 0 Å². The Bertz CT molecular complexity index is 602. The number of carbonyl (C=O) groups excluding carboxylic acids is 1. The summed E-state index contributed by atoms with van der Waals surface area (Å²) in [7, 11) is -4.21. The Morgan fingerprint density at radius 3 is 2.24 bits per heavy atom. The number of hydrogen-bond donors (Lipinski definition) is 2. The molecule has 0 amide bonds. The minimum Gasteiger partial charge on any atom is -0.393 e. The second kappa shape index (κ2) is 4.17. The van der Waals surface area contributed by atoms with Gasteiger partial charge in [0.1, 0.15) is 0 Å². The Labute approximate surface area is 102 Å². The van der Waals surface area contributed by atoms with Crippen LogP contribution in [0.5, 0.6) is 0 Å². The predicted octanol–water partition coefficient (Wildman–Crippen LogP) is 0.877. The largest absolute Gasteiger partial charge is 0.393 e. The molecule has 0 aromatic heterocycles. The van der Waals surface area contributed by atoms with E-state index >= 15 is 0 Å². The third-order valence-corrected chi connectivity index (χ3v) is 4.11. The Hall–Kier alpha value is -1.31. The Kier molecular flexibility index (Phi) is 2.98. The van der Waals surface area contributed by atoms with E-state index in [1.165, 1.54) is 36.0 Å². The quantitative estimate of drug-likeness (QED) is 0.775. The number of carbonyl (C=O) groups is 1. The Morgan fingerprint density at radius 2 is 1.82 bits per heavy atom. The lowest BCUT2D eigenvalue weighted by molar-refractivity contribution is -0.111. The maximum Gasteiger partial charge on any atom is 0.294 e. The smallest absolute Gasteiger partial charge is 0.294 e. The minimum absolute atomic E-state index is 0.0768. The van der Waals surface area contributed by atoms with Gasteiger partial charge in [0.15, 0.2) is 5.78 Å². The van der Waals surface area contributed by atoms with Crippen LogP contribution in [-0.2, 0) is 14.9 Å². The SMILES string of the molecule is NC1=C(c2ccc(S(=O)(=O)O)cc2)C(=O)CS1. The molecule has 17 heavy (non-hydrogen) atoms. The molecule has 1 aromatic rings. The van der Waals surface area contributed by atoms with Crippen molar-refractivity contribution in [3.8, 4) is 0 Å². The van der Waals surface area contributed by atoms with E-state index < -0.39 is 10.1 Å².